The van der Waals surface area contributed by atoms with Gasteiger partial charge < -0.3 is 9.52 Å². The Hall–Kier alpha value is -1.57. The van der Waals surface area contributed by atoms with Crippen LogP contribution >= 0.6 is 11.8 Å². The lowest BCUT2D eigenvalue weighted by Crippen LogP contribution is -2.19. The zero-order valence-electron chi connectivity index (χ0n) is 8.76. The summed E-state index contributed by atoms with van der Waals surface area (Å²) in [5.41, 5.74) is 0. The highest BCUT2D eigenvalue weighted by Crippen LogP contribution is 2.11. The van der Waals surface area contributed by atoms with Crippen LogP contribution in [-0.2, 0) is 9.59 Å². The van der Waals surface area contributed by atoms with Gasteiger partial charge in [-0.15, -0.1) is 16.9 Å². The number of carbonyl (C=O) groups excluding carboxylic acids is 1. The lowest BCUT2D eigenvalue weighted by Gasteiger charge is -2.04. The maximum atomic E-state index is 11.3. The fourth-order valence-corrected chi connectivity index (χ4v) is 1.39. The van der Waals surface area contributed by atoms with Crippen molar-refractivity contribution in [2.24, 2.45) is 0 Å². The molecule has 1 amide bonds. The van der Waals surface area contributed by atoms with E-state index in [1.807, 2.05) is 0 Å². The minimum Gasteiger partial charge on any atom is -0.480 e. The molecular formula is C8H11N3O4S. The summed E-state index contributed by atoms with van der Waals surface area (Å²) in [6, 6.07) is 0.0195. The van der Waals surface area contributed by atoms with Crippen LogP contribution in [0.15, 0.2) is 4.42 Å². The van der Waals surface area contributed by atoms with Gasteiger partial charge in [0.15, 0.2) is 0 Å². The number of thioether (sulfide) groups is 1. The zero-order valence-corrected chi connectivity index (χ0v) is 9.58. The maximum absolute atomic E-state index is 11.3. The summed E-state index contributed by atoms with van der Waals surface area (Å²) in [6.45, 7) is 3.11. The molecule has 0 bridgehead atoms. The first-order valence-corrected chi connectivity index (χ1v) is 5.48. The van der Waals surface area contributed by atoms with Gasteiger partial charge in [0.2, 0.25) is 11.8 Å². The van der Waals surface area contributed by atoms with Crippen LogP contribution in [0.4, 0.5) is 6.01 Å². The molecule has 1 aromatic heterocycles. The van der Waals surface area contributed by atoms with Crippen LogP contribution in [0, 0.1) is 6.92 Å². The van der Waals surface area contributed by atoms with Gasteiger partial charge in [0.25, 0.3) is 0 Å². The van der Waals surface area contributed by atoms with Crippen molar-refractivity contribution in [3.8, 4) is 0 Å². The fourth-order valence-electron chi connectivity index (χ4n) is 0.774. The summed E-state index contributed by atoms with van der Waals surface area (Å²) in [4.78, 5) is 21.8. The van der Waals surface area contributed by atoms with Gasteiger partial charge in [0, 0.05) is 6.92 Å². The lowest BCUT2D eigenvalue weighted by molar-refractivity contribution is -0.136. The molecule has 1 atom stereocenters. The van der Waals surface area contributed by atoms with Gasteiger partial charge in [0.1, 0.15) is 0 Å². The predicted octanol–water partition coefficient (Wildman–Crippen LogP) is 0.523. The van der Waals surface area contributed by atoms with Gasteiger partial charge in [-0.2, -0.15) is 0 Å². The van der Waals surface area contributed by atoms with E-state index in [0.717, 1.165) is 11.8 Å². The highest BCUT2D eigenvalue weighted by Gasteiger charge is 2.14. The summed E-state index contributed by atoms with van der Waals surface area (Å²) < 4.78 is 4.93. The Morgan fingerprint density at radius 2 is 2.25 bits per heavy atom. The molecule has 0 aliphatic carbocycles. The van der Waals surface area contributed by atoms with Crippen molar-refractivity contribution in [3.05, 3.63) is 5.89 Å². The molecule has 0 aliphatic heterocycles. The van der Waals surface area contributed by atoms with Crippen LogP contribution in [-0.4, -0.2) is 38.2 Å². The zero-order chi connectivity index (χ0) is 12.1. The predicted molar refractivity (Wildman–Crippen MR) is 57.2 cm³/mol. The molecule has 7 nitrogen and oxygen atoms in total. The number of aliphatic carboxylic acids is 1. The average Bonchev–Trinajstić information content (AvgIpc) is 2.60. The molecule has 1 heterocycles. The summed E-state index contributed by atoms with van der Waals surface area (Å²) in [5.74, 6) is -0.954. The molecule has 0 saturated carbocycles. The molecule has 0 aliphatic rings. The van der Waals surface area contributed by atoms with Crippen molar-refractivity contribution >= 4 is 29.7 Å². The molecule has 2 N–H and O–H groups in total. The van der Waals surface area contributed by atoms with E-state index in [4.69, 9.17) is 9.52 Å². The Labute approximate surface area is 95.6 Å². The Balaban J connectivity index is 2.34. The molecule has 0 aromatic carbocycles. The van der Waals surface area contributed by atoms with Gasteiger partial charge in [-0.05, 0) is 6.92 Å². The van der Waals surface area contributed by atoms with Crippen LogP contribution < -0.4 is 5.32 Å². The standard InChI is InChI=1S/C8H11N3O4S/c1-4(7(13)14)16-3-6(12)9-8-11-10-5(2)15-8/h4H,3H2,1-2H3,(H,13,14)(H,9,11,12). The number of carboxylic acids is 1. The fraction of sp³-hybridized carbons (Fsp3) is 0.500. The Bertz CT molecular complexity index is 392. The number of rotatable bonds is 5. The van der Waals surface area contributed by atoms with E-state index in [0.29, 0.717) is 5.89 Å². The van der Waals surface area contributed by atoms with Gasteiger partial charge in [0.05, 0.1) is 11.0 Å². The molecule has 0 spiro atoms. The molecular weight excluding hydrogens is 234 g/mol. The molecule has 16 heavy (non-hydrogen) atoms. The van der Waals surface area contributed by atoms with Gasteiger partial charge in [-0.25, -0.2) is 0 Å². The summed E-state index contributed by atoms with van der Waals surface area (Å²) in [5, 5.41) is 17.4. The van der Waals surface area contributed by atoms with Crippen LogP contribution in [0.3, 0.4) is 0 Å². The van der Waals surface area contributed by atoms with E-state index in [1.54, 1.807) is 6.92 Å². The minimum atomic E-state index is -0.952. The van der Waals surface area contributed by atoms with E-state index < -0.39 is 11.2 Å². The van der Waals surface area contributed by atoms with Crippen molar-refractivity contribution in [1.82, 2.24) is 10.2 Å². The quantitative estimate of drug-likeness (QED) is 0.779. The highest BCUT2D eigenvalue weighted by atomic mass is 32.2. The Morgan fingerprint density at radius 3 is 2.75 bits per heavy atom. The van der Waals surface area contributed by atoms with E-state index in [2.05, 4.69) is 15.5 Å². The summed E-state index contributed by atoms with van der Waals surface area (Å²) in [7, 11) is 0. The Morgan fingerprint density at radius 1 is 1.56 bits per heavy atom. The summed E-state index contributed by atoms with van der Waals surface area (Å²) >= 11 is 1.02. The van der Waals surface area contributed by atoms with Crippen LogP contribution in [0.1, 0.15) is 12.8 Å². The molecule has 8 heteroatoms. The third-order valence-corrected chi connectivity index (χ3v) is 2.72. The molecule has 1 aromatic rings. The van der Waals surface area contributed by atoms with Crippen molar-refractivity contribution in [2.75, 3.05) is 11.1 Å². The second-order valence-corrected chi connectivity index (χ2v) is 4.29. The average molecular weight is 245 g/mol. The SMILES string of the molecule is Cc1nnc(NC(=O)CSC(C)C(=O)O)o1. The number of hydrogen-bond acceptors (Lipinski definition) is 6. The number of amides is 1. The van der Waals surface area contributed by atoms with Crippen molar-refractivity contribution in [3.63, 3.8) is 0 Å². The highest BCUT2D eigenvalue weighted by molar-refractivity contribution is 8.01. The largest absolute Gasteiger partial charge is 0.480 e. The lowest BCUT2D eigenvalue weighted by atomic mass is 10.5. The van der Waals surface area contributed by atoms with Crippen molar-refractivity contribution < 1.29 is 19.1 Å². The number of carboxylic acid groups (broad SMARTS) is 1. The molecule has 1 rings (SSSR count). The molecule has 0 saturated heterocycles. The number of aromatic nitrogens is 2. The number of nitrogens with zero attached hydrogens (tertiary/aromatic N) is 2. The first-order chi connectivity index (χ1) is 7.49. The number of nitrogens with one attached hydrogen (secondary N) is 1. The van der Waals surface area contributed by atoms with Crippen LogP contribution in [0.2, 0.25) is 0 Å². The number of hydrogen-bond donors (Lipinski definition) is 2. The maximum Gasteiger partial charge on any atom is 0.322 e. The molecule has 88 valence electrons. The van der Waals surface area contributed by atoms with Gasteiger partial charge >= 0.3 is 12.0 Å². The summed E-state index contributed by atoms with van der Waals surface area (Å²) in [6.07, 6.45) is 0. The monoisotopic (exact) mass is 245 g/mol. The molecule has 0 radical (unpaired) electrons. The smallest absolute Gasteiger partial charge is 0.322 e. The van der Waals surface area contributed by atoms with E-state index in [9.17, 15) is 9.59 Å². The van der Waals surface area contributed by atoms with Crippen molar-refractivity contribution in [2.45, 2.75) is 19.1 Å². The van der Waals surface area contributed by atoms with Gasteiger partial charge in [-0.1, -0.05) is 5.10 Å². The Kier molecular flexibility index (Phi) is 4.29. The molecule has 0 fully saturated rings. The van der Waals surface area contributed by atoms with Gasteiger partial charge in [-0.3, -0.25) is 14.9 Å². The first kappa shape index (κ1) is 12.5. The van der Waals surface area contributed by atoms with E-state index in [-0.39, 0.29) is 17.7 Å². The topological polar surface area (TPSA) is 105 Å². The normalized spacial score (nSPS) is 12.1. The third kappa shape index (κ3) is 3.89. The number of anilines is 1. The van der Waals surface area contributed by atoms with Crippen LogP contribution in [0.5, 0.6) is 0 Å². The first-order valence-electron chi connectivity index (χ1n) is 4.43. The number of aryl methyl sites for hydroxylation is 1. The van der Waals surface area contributed by atoms with E-state index in [1.165, 1.54) is 6.92 Å². The molecule has 1 unspecified atom stereocenters. The van der Waals surface area contributed by atoms with Crippen LogP contribution in [0.25, 0.3) is 0 Å². The second kappa shape index (κ2) is 5.50. The number of carbonyl (C=O) groups is 2. The van der Waals surface area contributed by atoms with Crippen molar-refractivity contribution in [1.29, 1.82) is 0 Å². The third-order valence-electron chi connectivity index (χ3n) is 1.58. The van der Waals surface area contributed by atoms with E-state index >= 15 is 0 Å². The minimum absolute atomic E-state index is 0.0195. The second-order valence-electron chi connectivity index (χ2n) is 2.97.